The maximum absolute atomic E-state index is 5.68. The van der Waals surface area contributed by atoms with Gasteiger partial charge in [-0.15, -0.1) is 0 Å². The number of hydrogen-bond donors (Lipinski definition) is 1. The molecule has 0 aliphatic heterocycles. The summed E-state index contributed by atoms with van der Waals surface area (Å²) in [6.45, 7) is 10.6. The molecule has 0 aliphatic carbocycles. The summed E-state index contributed by atoms with van der Waals surface area (Å²) in [6.07, 6.45) is 5.91. The normalized spacial score (nSPS) is 12.7. The fraction of sp³-hybridized carbons (Fsp3) is 0.688. The van der Waals surface area contributed by atoms with E-state index in [-0.39, 0.29) is 0 Å². The quantitative estimate of drug-likeness (QED) is 0.706. The molecule has 1 N–H and O–H groups in total. The standard InChI is InChI=1S/C16H28N2OS/c1-5-7-18-16(12-20-13(3)4)14-9-15(11-17-10-14)19-8-6-2/h9-11,13,16,18H,5-8,12H2,1-4H3. The maximum Gasteiger partial charge on any atom is 0.137 e. The number of nitrogens with one attached hydrogen (secondary N) is 1. The van der Waals surface area contributed by atoms with Gasteiger partial charge in [0, 0.05) is 18.0 Å². The van der Waals surface area contributed by atoms with Crippen LogP contribution < -0.4 is 10.1 Å². The van der Waals surface area contributed by atoms with Gasteiger partial charge in [-0.3, -0.25) is 4.98 Å². The minimum Gasteiger partial charge on any atom is -0.492 e. The summed E-state index contributed by atoms with van der Waals surface area (Å²) in [5.41, 5.74) is 1.22. The Morgan fingerprint density at radius 2 is 2.05 bits per heavy atom. The van der Waals surface area contributed by atoms with Gasteiger partial charge in [0.1, 0.15) is 5.75 Å². The first kappa shape index (κ1) is 17.3. The molecule has 1 aromatic heterocycles. The van der Waals surface area contributed by atoms with E-state index in [4.69, 9.17) is 4.74 Å². The van der Waals surface area contributed by atoms with Crippen LogP contribution in [0.3, 0.4) is 0 Å². The summed E-state index contributed by atoms with van der Waals surface area (Å²) >= 11 is 1.98. The fourth-order valence-electron chi connectivity index (χ4n) is 1.81. The van der Waals surface area contributed by atoms with Crippen molar-refractivity contribution in [1.82, 2.24) is 10.3 Å². The van der Waals surface area contributed by atoms with Crippen molar-refractivity contribution >= 4 is 11.8 Å². The van der Waals surface area contributed by atoms with Crippen molar-refractivity contribution in [2.75, 3.05) is 18.9 Å². The lowest BCUT2D eigenvalue weighted by molar-refractivity contribution is 0.315. The van der Waals surface area contributed by atoms with Gasteiger partial charge >= 0.3 is 0 Å². The maximum atomic E-state index is 5.68. The van der Waals surface area contributed by atoms with Crippen molar-refractivity contribution in [1.29, 1.82) is 0 Å². The van der Waals surface area contributed by atoms with Crippen molar-refractivity contribution in [3.63, 3.8) is 0 Å². The Morgan fingerprint density at radius 3 is 2.70 bits per heavy atom. The van der Waals surface area contributed by atoms with Crippen LogP contribution in [0, 0.1) is 0 Å². The molecule has 0 aromatic carbocycles. The summed E-state index contributed by atoms with van der Waals surface area (Å²) in [5.74, 6) is 1.94. The molecule has 0 spiro atoms. The molecular formula is C16H28N2OS. The first-order chi connectivity index (χ1) is 9.67. The third-order valence-electron chi connectivity index (χ3n) is 2.85. The zero-order chi connectivity index (χ0) is 14.8. The van der Waals surface area contributed by atoms with E-state index < -0.39 is 0 Å². The Labute approximate surface area is 127 Å². The molecule has 114 valence electrons. The predicted octanol–water partition coefficient (Wildman–Crippen LogP) is 4.05. The van der Waals surface area contributed by atoms with E-state index in [2.05, 4.69) is 44.1 Å². The van der Waals surface area contributed by atoms with Gasteiger partial charge in [0.2, 0.25) is 0 Å². The summed E-state index contributed by atoms with van der Waals surface area (Å²) in [5, 5.41) is 4.25. The largest absolute Gasteiger partial charge is 0.492 e. The molecule has 0 bridgehead atoms. The van der Waals surface area contributed by atoms with E-state index in [0.29, 0.717) is 11.3 Å². The number of aromatic nitrogens is 1. The van der Waals surface area contributed by atoms with E-state index in [1.807, 2.05) is 18.0 Å². The Bertz CT molecular complexity index is 371. The van der Waals surface area contributed by atoms with Crippen molar-refractivity contribution in [2.24, 2.45) is 0 Å². The molecule has 0 amide bonds. The molecule has 1 aromatic rings. The Kier molecular flexibility index (Phi) is 8.70. The molecule has 1 rings (SSSR count). The van der Waals surface area contributed by atoms with E-state index in [1.54, 1.807) is 6.20 Å². The van der Waals surface area contributed by atoms with Gasteiger partial charge in [0.15, 0.2) is 0 Å². The molecule has 0 fully saturated rings. The summed E-state index contributed by atoms with van der Waals surface area (Å²) in [6, 6.07) is 2.47. The average molecular weight is 296 g/mol. The Balaban J connectivity index is 2.71. The van der Waals surface area contributed by atoms with Crippen LogP contribution in [0.5, 0.6) is 5.75 Å². The Hall–Kier alpha value is -0.740. The first-order valence-corrected chi connectivity index (χ1v) is 8.65. The van der Waals surface area contributed by atoms with Crippen LogP contribution in [0.2, 0.25) is 0 Å². The van der Waals surface area contributed by atoms with Crippen molar-refractivity contribution < 1.29 is 4.74 Å². The lowest BCUT2D eigenvalue weighted by Crippen LogP contribution is -2.24. The Morgan fingerprint density at radius 1 is 1.25 bits per heavy atom. The molecule has 3 nitrogen and oxygen atoms in total. The lowest BCUT2D eigenvalue weighted by Gasteiger charge is -2.20. The number of thioether (sulfide) groups is 1. The highest BCUT2D eigenvalue weighted by Gasteiger charge is 2.13. The third kappa shape index (κ3) is 6.62. The summed E-state index contributed by atoms with van der Waals surface area (Å²) < 4.78 is 5.68. The van der Waals surface area contributed by atoms with E-state index in [1.165, 1.54) is 5.56 Å². The number of pyridine rings is 1. The minimum absolute atomic E-state index is 0.347. The van der Waals surface area contributed by atoms with Crippen LogP contribution >= 0.6 is 11.8 Å². The molecule has 0 saturated heterocycles. The second-order valence-electron chi connectivity index (χ2n) is 5.19. The van der Waals surface area contributed by atoms with E-state index >= 15 is 0 Å². The second kappa shape index (κ2) is 10.1. The zero-order valence-corrected chi connectivity index (χ0v) is 14.0. The van der Waals surface area contributed by atoms with Gasteiger partial charge in [-0.2, -0.15) is 11.8 Å². The van der Waals surface area contributed by atoms with Gasteiger partial charge < -0.3 is 10.1 Å². The number of ether oxygens (including phenoxy) is 1. The van der Waals surface area contributed by atoms with Gasteiger partial charge in [0.05, 0.1) is 12.8 Å². The van der Waals surface area contributed by atoms with Crippen LogP contribution in [-0.4, -0.2) is 29.1 Å². The minimum atomic E-state index is 0.347. The van der Waals surface area contributed by atoms with E-state index in [9.17, 15) is 0 Å². The molecule has 4 heteroatoms. The highest BCUT2D eigenvalue weighted by Crippen LogP contribution is 2.23. The molecule has 1 unspecified atom stereocenters. The monoisotopic (exact) mass is 296 g/mol. The first-order valence-electron chi connectivity index (χ1n) is 7.60. The molecule has 0 saturated carbocycles. The van der Waals surface area contributed by atoms with Crippen LogP contribution in [0.15, 0.2) is 18.5 Å². The van der Waals surface area contributed by atoms with Crippen LogP contribution in [0.1, 0.15) is 52.1 Å². The molecule has 1 atom stereocenters. The highest BCUT2D eigenvalue weighted by atomic mass is 32.2. The van der Waals surface area contributed by atoms with Gasteiger partial charge in [-0.1, -0.05) is 27.7 Å². The average Bonchev–Trinajstić information content (AvgIpc) is 2.45. The van der Waals surface area contributed by atoms with Crippen LogP contribution in [0.4, 0.5) is 0 Å². The van der Waals surface area contributed by atoms with Crippen molar-refractivity contribution in [3.05, 3.63) is 24.0 Å². The zero-order valence-electron chi connectivity index (χ0n) is 13.2. The lowest BCUT2D eigenvalue weighted by atomic mass is 10.1. The topological polar surface area (TPSA) is 34.2 Å². The molecule has 20 heavy (non-hydrogen) atoms. The molecule has 1 heterocycles. The SMILES string of the molecule is CCCNC(CSC(C)C)c1cncc(OCCC)c1. The summed E-state index contributed by atoms with van der Waals surface area (Å²) in [4.78, 5) is 4.32. The highest BCUT2D eigenvalue weighted by molar-refractivity contribution is 7.99. The van der Waals surface area contributed by atoms with Gasteiger partial charge in [-0.25, -0.2) is 0 Å². The molecule has 0 radical (unpaired) electrons. The summed E-state index contributed by atoms with van der Waals surface area (Å²) in [7, 11) is 0. The fourth-order valence-corrected chi connectivity index (χ4v) is 2.69. The third-order valence-corrected chi connectivity index (χ3v) is 4.04. The van der Waals surface area contributed by atoms with E-state index in [0.717, 1.165) is 37.5 Å². The smallest absolute Gasteiger partial charge is 0.137 e. The molecular weight excluding hydrogens is 268 g/mol. The number of rotatable bonds is 10. The van der Waals surface area contributed by atoms with Crippen LogP contribution in [-0.2, 0) is 0 Å². The number of nitrogens with zero attached hydrogens (tertiary/aromatic N) is 1. The van der Waals surface area contributed by atoms with Crippen LogP contribution in [0.25, 0.3) is 0 Å². The second-order valence-corrected chi connectivity index (χ2v) is 6.80. The van der Waals surface area contributed by atoms with Crippen molar-refractivity contribution in [3.8, 4) is 5.75 Å². The number of hydrogen-bond acceptors (Lipinski definition) is 4. The predicted molar refractivity (Wildman–Crippen MR) is 88.7 cm³/mol. The van der Waals surface area contributed by atoms with Gasteiger partial charge in [0.25, 0.3) is 0 Å². The van der Waals surface area contributed by atoms with Crippen molar-refractivity contribution in [2.45, 2.75) is 51.8 Å². The van der Waals surface area contributed by atoms with Gasteiger partial charge in [-0.05, 0) is 36.3 Å². The molecule has 0 aliphatic rings.